The molecule has 1 N–H and O–H groups in total. The maximum atomic E-state index is 11.9. The Bertz CT molecular complexity index is 178. The highest BCUT2D eigenvalue weighted by molar-refractivity contribution is 5.81. The van der Waals surface area contributed by atoms with Crippen molar-refractivity contribution in [2.24, 2.45) is 5.92 Å². The highest BCUT2D eigenvalue weighted by Gasteiger charge is 2.19. The predicted molar refractivity (Wildman–Crippen MR) is 64.8 cm³/mol. The van der Waals surface area contributed by atoms with Gasteiger partial charge in [-0.3, -0.25) is 4.79 Å². The van der Waals surface area contributed by atoms with E-state index in [2.05, 4.69) is 19.2 Å². The minimum absolute atomic E-state index is 0.0701. The number of carbonyl (C=O) groups is 1. The molecule has 0 bridgehead atoms. The molecule has 0 aliphatic rings. The lowest BCUT2D eigenvalue weighted by molar-refractivity contribution is -0.133. The minimum atomic E-state index is -0.0701. The van der Waals surface area contributed by atoms with Gasteiger partial charge >= 0.3 is 0 Å². The second-order valence-corrected chi connectivity index (χ2v) is 4.07. The van der Waals surface area contributed by atoms with E-state index >= 15 is 0 Å². The van der Waals surface area contributed by atoms with Crippen LogP contribution < -0.4 is 5.32 Å². The summed E-state index contributed by atoms with van der Waals surface area (Å²) in [6.07, 6.45) is 2.29. The fraction of sp³-hybridized carbons (Fsp3) is 0.917. The Balaban J connectivity index is 4.28. The quantitative estimate of drug-likeness (QED) is 0.702. The van der Waals surface area contributed by atoms with Gasteiger partial charge in [-0.05, 0) is 26.8 Å². The number of nitrogens with one attached hydrogen (secondary N) is 1. The Hall–Kier alpha value is -0.570. The molecule has 3 heteroatoms. The van der Waals surface area contributed by atoms with E-state index in [0.29, 0.717) is 5.92 Å². The molecule has 15 heavy (non-hydrogen) atoms. The Morgan fingerprint density at radius 1 is 1.27 bits per heavy atom. The van der Waals surface area contributed by atoms with Gasteiger partial charge in [0.25, 0.3) is 0 Å². The van der Waals surface area contributed by atoms with Crippen molar-refractivity contribution < 1.29 is 4.79 Å². The molecule has 0 rings (SSSR count). The van der Waals surface area contributed by atoms with Crippen molar-refractivity contribution in [3.05, 3.63) is 0 Å². The van der Waals surface area contributed by atoms with E-state index in [-0.39, 0.29) is 11.9 Å². The van der Waals surface area contributed by atoms with Crippen molar-refractivity contribution in [1.29, 1.82) is 0 Å². The molecule has 0 saturated heterocycles. The van der Waals surface area contributed by atoms with E-state index in [1.807, 2.05) is 25.8 Å². The Morgan fingerprint density at radius 3 is 2.13 bits per heavy atom. The highest BCUT2D eigenvalue weighted by Crippen LogP contribution is 2.10. The Kier molecular flexibility index (Phi) is 7.39. The number of hydrogen-bond acceptors (Lipinski definition) is 2. The van der Waals surface area contributed by atoms with Crippen LogP contribution in [0, 0.1) is 5.92 Å². The largest absolute Gasteiger partial charge is 0.341 e. The molecular formula is C12H26N2O. The van der Waals surface area contributed by atoms with Crippen LogP contribution >= 0.6 is 0 Å². The first kappa shape index (κ1) is 14.4. The molecule has 0 saturated carbocycles. The molecular weight excluding hydrogens is 188 g/mol. The molecule has 0 aromatic rings. The zero-order chi connectivity index (χ0) is 11.8. The maximum Gasteiger partial charge on any atom is 0.239 e. The van der Waals surface area contributed by atoms with Crippen molar-refractivity contribution in [3.8, 4) is 0 Å². The molecule has 1 atom stereocenters. The normalized spacial score (nSPS) is 12.9. The maximum absolute atomic E-state index is 11.9. The lowest BCUT2D eigenvalue weighted by Crippen LogP contribution is -2.45. The van der Waals surface area contributed by atoms with Crippen LogP contribution in [0.25, 0.3) is 0 Å². The molecule has 3 nitrogen and oxygen atoms in total. The number of carbonyl (C=O) groups excluding carboxylic acids is 1. The number of nitrogens with zero attached hydrogens (tertiary/aromatic N) is 1. The Labute approximate surface area is 94.2 Å². The van der Waals surface area contributed by atoms with Gasteiger partial charge in [-0.2, -0.15) is 0 Å². The molecule has 0 aliphatic heterocycles. The molecule has 0 aromatic carbocycles. The van der Waals surface area contributed by atoms with Crippen LogP contribution in [0.15, 0.2) is 0 Å². The first-order valence-electron chi connectivity index (χ1n) is 6.06. The summed E-state index contributed by atoms with van der Waals surface area (Å²) >= 11 is 0. The van der Waals surface area contributed by atoms with E-state index in [0.717, 1.165) is 25.9 Å². The first-order chi connectivity index (χ1) is 7.10. The third-order valence-electron chi connectivity index (χ3n) is 3.13. The Morgan fingerprint density at radius 2 is 1.80 bits per heavy atom. The van der Waals surface area contributed by atoms with E-state index < -0.39 is 0 Å². The molecule has 0 heterocycles. The lowest BCUT2D eigenvalue weighted by atomic mass is 10.0. The van der Waals surface area contributed by atoms with Gasteiger partial charge in [0.05, 0.1) is 6.04 Å². The molecule has 1 unspecified atom stereocenters. The molecule has 90 valence electrons. The molecule has 0 aliphatic carbocycles. The third-order valence-corrected chi connectivity index (χ3v) is 3.13. The van der Waals surface area contributed by atoms with Crippen molar-refractivity contribution in [2.45, 2.75) is 46.6 Å². The summed E-state index contributed by atoms with van der Waals surface area (Å²) in [6, 6.07) is -0.0701. The van der Waals surface area contributed by atoms with Crippen LogP contribution in [0.5, 0.6) is 0 Å². The van der Waals surface area contributed by atoms with E-state index in [4.69, 9.17) is 0 Å². The van der Waals surface area contributed by atoms with Gasteiger partial charge in [0.1, 0.15) is 0 Å². The first-order valence-corrected chi connectivity index (χ1v) is 6.06. The topological polar surface area (TPSA) is 32.3 Å². The second-order valence-electron chi connectivity index (χ2n) is 4.07. The van der Waals surface area contributed by atoms with Gasteiger partial charge in [-0.15, -0.1) is 0 Å². The molecule has 0 radical (unpaired) electrons. The van der Waals surface area contributed by atoms with E-state index in [9.17, 15) is 4.79 Å². The van der Waals surface area contributed by atoms with Crippen molar-refractivity contribution >= 4 is 5.91 Å². The number of rotatable bonds is 7. The van der Waals surface area contributed by atoms with Crippen LogP contribution in [0.2, 0.25) is 0 Å². The number of amides is 1. The summed E-state index contributed by atoms with van der Waals surface area (Å²) in [5.41, 5.74) is 0. The van der Waals surface area contributed by atoms with Crippen LogP contribution in [-0.4, -0.2) is 37.0 Å². The minimum Gasteiger partial charge on any atom is -0.341 e. The van der Waals surface area contributed by atoms with Gasteiger partial charge in [0.15, 0.2) is 0 Å². The smallest absolute Gasteiger partial charge is 0.239 e. The average molecular weight is 214 g/mol. The lowest BCUT2D eigenvalue weighted by Gasteiger charge is -2.27. The fourth-order valence-electron chi connectivity index (χ4n) is 1.63. The summed E-state index contributed by atoms with van der Waals surface area (Å²) in [5.74, 6) is 0.852. The standard InChI is InChI=1S/C12H26N2O/c1-6-11(7-2)9-14(8-3)12(15)10(4)13-5/h10-11,13H,6-9H2,1-5H3. The monoisotopic (exact) mass is 214 g/mol. The summed E-state index contributed by atoms with van der Waals surface area (Å²) in [5, 5.41) is 3.00. The van der Waals surface area contributed by atoms with Crippen LogP contribution in [0.4, 0.5) is 0 Å². The third kappa shape index (κ3) is 4.65. The zero-order valence-electron chi connectivity index (χ0n) is 10.8. The zero-order valence-corrected chi connectivity index (χ0v) is 10.8. The highest BCUT2D eigenvalue weighted by atomic mass is 16.2. The molecule has 0 spiro atoms. The van der Waals surface area contributed by atoms with Gasteiger partial charge in [-0.1, -0.05) is 26.7 Å². The van der Waals surface area contributed by atoms with Gasteiger partial charge in [0.2, 0.25) is 5.91 Å². The molecule has 1 amide bonds. The summed E-state index contributed by atoms with van der Waals surface area (Å²) < 4.78 is 0. The second kappa shape index (κ2) is 7.69. The van der Waals surface area contributed by atoms with Crippen LogP contribution in [0.1, 0.15) is 40.5 Å². The molecule has 0 aromatic heterocycles. The summed E-state index contributed by atoms with van der Waals surface area (Å²) in [7, 11) is 1.83. The van der Waals surface area contributed by atoms with E-state index in [1.54, 1.807) is 0 Å². The predicted octanol–water partition coefficient (Wildman–Crippen LogP) is 1.88. The van der Waals surface area contributed by atoms with Crippen molar-refractivity contribution in [2.75, 3.05) is 20.1 Å². The van der Waals surface area contributed by atoms with Gasteiger partial charge in [0, 0.05) is 13.1 Å². The van der Waals surface area contributed by atoms with Crippen LogP contribution in [-0.2, 0) is 4.79 Å². The summed E-state index contributed by atoms with van der Waals surface area (Å²) in [4.78, 5) is 13.9. The fourth-order valence-corrected chi connectivity index (χ4v) is 1.63. The summed E-state index contributed by atoms with van der Waals surface area (Å²) in [6.45, 7) is 10.0. The van der Waals surface area contributed by atoms with Crippen LogP contribution in [0.3, 0.4) is 0 Å². The average Bonchev–Trinajstić information content (AvgIpc) is 2.29. The van der Waals surface area contributed by atoms with Crippen molar-refractivity contribution in [1.82, 2.24) is 10.2 Å². The number of hydrogen-bond donors (Lipinski definition) is 1. The number of likely N-dealkylation sites (N-methyl/N-ethyl adjacent to an activating group) is 2. The van der Waals surface area contributed by atoms with E-state index in [1.165, 1.54) is 0 Å². The van der Waals surface area contributed by atoms with Gasteiger partial charge < -0.3 is 10.2 Å². The van der Waals surface area contributed by atoms with Gasteiger partial charge in [-0.25, -0.2) is 0 Å². The molecule has 0 fully saturated rings. The SMILES string of the molecule is CCC(CC)CN(CC)C(=O)C(C)NC. The van der Waals surface area contributed by atoms with Crippen molar-refractivity contribution in [3.63, 3.8) is 0 Å².